The van der Waals surface area contributed by atoms with Crippen molar-refractivity contribution in [3.8, 4) is 11.1 Å². The molecule has 0 saturated carbocycles. The predicted octanol–water partition coefficient (Wildman–Crippen LogP) is 12.8. The highest BCUT2D eigenvalue weighted by Crippen LogP contribution is 2.51. The van der Waals surface area contributed by atoms with Crippen LogP contribution in [0.25, 0.3) is 71.2 Å². The first kappa shape index (κ1) is 26.9. The minimum absolute atomic E-state index is 0.911. The van der Waals surface area contributed by atoms with Crippen molar-refractivity contribution in [3.05, 3.63) is 157 Å². The molecule has 7 aromatic carbocycles. The summed E-state index contributed by atoms with van der Waals surface area (Å²) < 4.78 is 9.28. The Bertz CT molecular complexity index is 2810. The van der Waals surface area contributed by atoms with Crippen LogP contribution in [0.3, 0.4) is 0 Å². The average Bonchev–Trinajstić information content (AvgIpc) is 3.83. The fourth-order valence-electron chi connectivity index (χ4n) is 8.77. The zero-order chi connectivity index (χ0) is 32.1. The van der Waals surface area contributed by atoms with Gasteiger partial charge >= 0.3 is 0 Å². The highest BCUT2D eigenvalue weighted by molar-refractivity contribution is 6.25. The van der Waals surface area contributed by atoms with Gasteiger partial charge in [-0.25, -0.2) is 0 Å². The van der Waals surface area contributed by atoms with Crippen molar-refractivity contribution < 1.29 is 4.42 Å². The lowest BCUT2D eigenvalue weighted by molar-refractivity contribution is 0.668. The fraction of sp³-hybridized carbons (Fsp3) is 0.0870. The molecule has 10 aromatic rings. The number of furan rings is 1. The van der Waals surface area contributed by atoms with Crippen LogP contribution >= 0.6 is 0 Å². The Balaban J connectivity index is 1.32. The molecule has 232 valence electrons. The minimum Gasteiger partial charge on any atom is -0.454 e. The van der Waals surface area contributed by atoms with E-state index in [0.717, 1.165) is 46.2 Å². The van der Waals surface area contributed by atoms with E-state index in [0.29, 0.717) is 0 Å². The third-order valence-corrected chi connectivity index (χ3v) is 10.9. The van der Waals surface area contributed by atoms with Gasteiger partial charge in [0.1, 0.15) is 5.58 Å². The van der Waals surface area contributed by atoms with Crippen molar-refractivity contribution in [1.29, 1.82) is 0 Å². The predicted molar refractivity (Wildman–Crippen MR) is 205 cm³/mol. The van der Waals surface area contributed by atoms with Gasteiger partial charge in [0.2, 0.25) is 0 Å². The summed E-state index contributed by atoms with van der Waals surface area (Å²) in [7, 11) is 0. The van der Waals surface area contributed by atoms with Crippen molar-refractivity contribution in [1.82, 2.24) is 4.40 Å². The Labute approximate surface area is 283 Å². The molecule has 0 spiro atoms. The number of nitrogens with zero attached hydrogens (tertiary/aromatic N) is 2. The number of hydrogen-bond donors (Lipinski definition) is 0. The van der Waals surface area contributed by atoms with Crippen LogP contribution in [0, 0.1) is 0 Å². The maximum atomic E-state index is 6.82. The summed E-state index contributed by atoms with van der Waals surface area (Å²) in [6.07, 6.45) is 4.56. The summed E-state index contributed by atoms with van der Waals surface area (Å²) in [6, 6.07) is 53.3. The Hall–Kier alpha value is -6.06. The zero-order valence-corrected chi connectivity index (χ0v) is 27.0. The first-order valence-electron chi connectivity index (χ1n) is 17.4. The molecule has 3 aromatic heterocycles. The summed E-state index contributed by atoms with van der Waals surface area (Å²) >= 11 is 0. The number of fused-ring (bicyclic) bond motifs is 10. The van der Waals surface area contributed by atoms with Crippen molar-refractivity contribution in [2.45, 2.75) is 25.7 Å². The number of anilines is 3. The number of para-hydroxylation sites is 4. The number of hydrogen-bond acceptors (Lipinski definition) is 2. The molecule has 1 aliphatic rings. The van der Waals surface area contributed by atoms with Crippen LogP contribution in [0.1, 0.15) is 24.0 Å². The molecule has 3 heterocycles. The standard InChI is InChI=1S/C46H32N2O/c1-2-13-29(14-3-1)33-26-25-30-15-4-5-16-32(30)44(33)47(42-23-12-20-37-36-19-8-11-24-43(36)49-46(37)42)31-27-38-34-17-6-9-21-40(34)48-41-22-10-7-18-35(41)39(28-31)45(38)48/h1-3,6-14,17-28H,4-5,15-16H2. The summed E-state index contributed by atoms with van der Waals surface area (Å²) in [6.45, 7) is 0. The van der Waals surface area contributed by atoms with Gasteiger partial charge < -0.3 is 13.7 Å². The molecule has 49 heavy (non-hydrogen) atoms. The number of benzene rings is 7. The van der Waals surface area contributed by atoms with E-state index >= 15 is 0 Å². The van der Waals surface area contributed by atoms with Gasteiger partial charge in [-0.1, -0.05) is 109 Å². The summed E-state index contributed by atoms with van der Waals surface area (Å²) in [4.78, 5) is 2.54. The lowest BCUT2D eigenvalue weighted by Gasteiger charge is -2.33. The normalized spacial score (nSPS) is 13.4. The Morgan fingerprint density at radius 3 is 1.96 bits per heavy atom. The van der Waals surface area contributed by atoms with E-state index in [2.05, 4.69) is 155 Å². The van der Waals surface area contributed by atoms with Crippen molar-refractivity contribution in [3.63, 3.8) is 0 Å². The molecule has 0 amide bonds. The van der Waals surface area contributed by atoms with Crippen LogP contribution in [-0.4, -0.2) is 4.40 Å². The van der Waals surface area contributed by atoms with Crippen LogP contribution in [0.5, 0.6) is 0 Å². The summed E-state index contributed by atoms with van der Waals surface area (Å²) in [5, 5.41) is 7.37. The lowest BCUT2D eigenvalue weighted by atomic mass is 9.86. The topological polar surface area (TPSA) is 20.8 Å². The van der Waals surface area contributed by atoms with Crippen molar-refractivity contribution >= 4 is 77.1 Å². The molecule has 0 fully saturated rings. The minimum atomic E-state index is 0.911. The van der Waals surface area contributed by atoms with Gasteiger partial charge in [0.05, 0.1) is 27.9 Å². The SMILES string of the molecule is c1ccc(-c2ccc3c(c2N(c2cc4c5ccccc5n5c6ccccc6c(c2)c45)c2cccc4c2oc2ccccc24)CCCC3)cc1. The van der Waals surface area contributed by atoms with Gasteiger partial charge in [-0.2, -0.15) is 0 Å². The molecule has 0 aliphatic heterocycles. The van der Waals surface area contributed by atoms with Crippen LogP contribution < -0.4 is 4.90 Å². The van der Waals surface area contributed by atoms with E-state index in [4.69, 9.17) is 4.42 Å². The molecular weight excluding hydrogens is 597 g/mol. The number of aryl methyl sites for hydroxylation is 1. The monoisotopic (exact) mass is 628 g/mol. The van der Waals surface area contributed by atoms with Gasteiger partial charge in [-0.15, -0.1) is 0 Å². The van der Waals surface area contributed by atoms with Gasteiger partial charge in [0.15, 0.2) is 5.58 Å². The molecule has 1 aliphatic carbocycles. The van der Waals surface area contributed by atoms with Gasteiger partial charge in [0, 0.05) is 43.6 Å². The highest BCUT2D eigenvalue weighted by Gasteiger charge is 2.28. The molecule has 0 unspecified atom stereocenters. The quantitative estimate of drug-likeness (QED) is 0.193. The lowest BCUT2D eigenvalue weighted by Crippen LogP contribution is -2.17. The van der Waals surface area contributed by atoms with E-state index in [1.165, 1.54) is 78.9 Å². The first-order chi connectivity index (χ1) is 24.3. The molecule has 0 saturated heterocycles. The van der Waals surface area contributed by atoms with Crippen LogP contribution in [0.15, 0.2) is 150 Å². The number of aromatic nitrogens is 1. The van der Waals surface area contributed by atoms with Gasteiger partial charge in [-0.3, -0.25) is 0 Å². The van der Waals surface area contributed by atoms with E-state index < -0.39 is 0 Å². The molecular formula is C46H32N2O. The Morgan fingerprint density at radius 2 is 1.18 bits per heavy atom. The molecule has 3 nitrogen and oxygen atoms in total. The maximum absolute atomic E-state index is 6.82. The van der Waals surface area contributed by atoms with E-state index in [9.17, 15) is 0 Å². The molecule has 0 atom stereocenters. The number of rotatable bonds is 4. The average molecular weight is 629 g/mol. The zero-order valence-electron chi connectivity index (χ0n) is 27.0. The Kier molecular flexibility index (Phi) is 5.62. The second kappa shape index (κ2) is 10.2. The maximum Gasteiger partial charge on any atom is 0.159 e. The second-order valence-corrected chi connectivity index (χ2v) is 13.5. The van der Waals surface area contributed by atoms with Gasteiger partial charge in [0.25, 0.3) is 0 Å². The summed E-state index contributed by atoms with van der Waals surface area (Å²) in [5.74, 6) is 0. The van der Waals surface area contributed by atoms with E-state index in [-0.39, 0.29) is 0 Å². The van der Waals surface area contributed by atoms with E-state index in [1.54, 1.807) is 0 Å². The van der Waals surface area contributed by atoms with Crippen LogP contribution in [-0.2, 0) is 12.8 Å². The molecule has 0 N–H and O–H groups in total. The molecule has 0 bridgehead atoms. The summed E-state index contributed by atoms with van der Waals surface area (Å²) in [5.41, 5.74) is 14.4. The highest BCUT2D eigenvalue weighted by atomic mass is 16.3. The van der Waals surface area contributed by atoms with Gasteiger partial charge in [-0.05, 0) is 78.8 Å². The van der Waals surface area contributed by atoms with Crippen molar-refractivity contribution in [2.24, 2.45) is 0 Å². The molecule has 11 rings (SSSR count). The van der Waals surface area contributed by atoms with Crippen molar-refractivity contribution in [2.75, 3.05) is 4.90 Å². The molecule has 3 heteroatoms. The van der Waals surface area contributed by atoms with E-state index in [1.807, 2.05) is 0 Å². The van der Waals surface area contributed by atoms with Crippen LogP contribution in [0.4, 0.5) is 17.1 Å². The molecule has 0 radical (unpaired) electrons. The second-order valence-electron chi connectivity index (χ2n) is 13.5. The fourth-order valence-corrected chi connectivity index (χ4v) is 8.77. The Morgan fingerprint density at radius 1 is 0.531 bits per heavy atom. The third kappa shape index (κ3) is 3.79. The smallest absolute Gasteiger partial charge is 0.159 e. The first-order valence-corrected chi connectivity index (χ1v) is 17.4. The third-order valence-electron chi connectivity index (χ3n) is 10.9. The van der Waals surface area contributed by atoms with Crippen LogP contribution in [0.2, 0.25) is 0 Å². The largest absolute Gasteiger partial charge is 0.454 e.